The molecule has 0 amide bonds. The van der Waals surface area contributed by atoms with Crippen molar-refractivity contribution in [2.75, 3.05) is 13.2 Å². The highest BCUT2D eigenvalue weighted by Crippen LogP contribution is 2.47. The van der Waals surface area contributed by atoms with Crippen LogP contribution in [0.1, 0.15) is 127 Å². The van der Waals surface area contributed by atoms with E-state index in [1.54, 1.807) is 66.4 Å². The Morgan fingerprint density at radius 1 is 0.448 bits per heavy atom. The Morgan fingerprint density at radius 2 is 0.897 bits per heavy atom. The van der Waals surface area contributed by atoms with Crippen LogP contribution in [-0.2, 0) is 83.4 Å². The van der Waals surface area contributed by atoms with Crippen molar-refractivity contribution in [3.05, 3.63) is 215 Å². The Balaban J connectivity index is 1.10. The minimum atomic E-state index is -1.44. The number of rotatable bonds is 28. The Labute approximate surface area is 516 Å². The van der Waals surface area contributed by atoms with Crippen LogP contribution in [0, 0.1) is 11.8 Å². The van der Waals surface area contributed by atoms with E-state index in [9.17, 15) is 19.2 Å². The van der Waals surface area contributed by atoms with Gasteiger partial charge in [0.05, 0.1) is 50.6 Å². The van der Waals surface area contributed by atoms with Gasteiger partial charge in [-0.1, -0.05) is 196 Å². The molecule has 14 nitrogen and oxygen atoms in total. The molecule has 2 aliphatic carbocycles. The van der Waals surface area contributed by atoms with Crippen molar-refractivity contribution in [2.45, 2.75) is 176 Å². The highest BCUT2D eigenvalue weighted by Gasteiger charge is 2.57. The fraction of sp³-hybridized carbons (Fsp3) is 0.444. The first-order valence-corrected chi connectivity index (χ1v) is 32.0. The molecule has 2 aliphatic heterocycles. The molecule has 4 fully saturated rings. The van der Waals surface area contributed by atoms with Crippen LogP contribution in [0.15, 0.2) is 182 Å². The monoisotopic (exact) mass is 1200 g/mol. The van der Waals surface area contributed by atoms with Gasteiger partial charge in [-0.2, -0.15) is 0 Å². The average molecular weight is 1200 g/mol. The molecule has 0 N–H and O–H groups in total. The van der Waals surface area contributed by atoms with Crippen molar-refractivity contribution in [1.29, 1.82) is 0 Å². The predicted octanol–water partition coefficient (Wildman–Crippen LogP) is 13.4. The molecule has 6 aromatic rings. The lowest BCUT2D eigenvalue weighted by Crippen LogP contribution is -2.66. The minimum absolute atomic E-state index is 0.00927. The van der Waals surface area contributed by atoms with Crippen LogP contribution in [0.25, 0.3) is 0 Å². The quantitative estimate of drug-likeness (QED) is 0.0337. The lowest BCUT2D eigenvalue weighted by atomic mass is 9.77. The molecular weight excluding hydrogens is 1120 g/mol. The zero-order chi connectivity index (χ0) is 60.0. The van der Waals surface area contributed by atoms with E-state index in [1.807, 2.05) is 127 Å². The molecule has 87 heavy (non-hydrogen) atoms. The van der Waals surface area contributed by atoms with Crippen LogP contribution in [0.5, 0.6) is 0 Å². The smallest absolute Gasteiger partial charge is 0.338 e. The number of ketones is 1. The Bertz CT molecular complexity index is 2980. The summed E-state index contributed by atoms with van der Waals surface area (Å²) in [6, 6.07) is 56.5. The van der Waals surface area contributed by atoms with Gasteiger partial charge in [-0.15, -0.1) is 11.8 Å². The van der Waals surface area contributed by atoms with Crippen molar-refractivity contribution in [2.24, 2.45) is 11.8 Å². The molecule has 0 aromatic heterocycles. The number of carbonyl (C=O) groups is 4. The van der Waals surface area contributed by atoms with Crippen LogP contribution >= 0.6 is 11.8 Å². The Morgan fingerprint density at radius 3 is 1.40 bits per heavy atom. The van der Waals surface area contributed by atoms with Crippen molar-refractivity contribution in [3.63, 3.8) is 0 Å². The van der Waals surface area contributed by atoms with Crippen molar-refractivity contribution < 1.29 is 66.5 Å². The zero-order valence-electron chi connectivity index (χ0n) is 49.7. The number of ether oxygens (including phenoxy) is 10. The van der Waals surface area contributed by atoms with Gasteiger partial charge in [-0.05, 0) is 91.0 Å². The van der Waals surface area contributed by atoms with Gasteiger partial charge in [0.15, 0.2) is 18.5 Å². The fourth-order valence-corrected chi connectivity index (χ4v) is 14.2. The zero-order valence-corrected chi connectivity index (χ0v) is 50.5. The topological polar surface area (TPSA) is 161 Å². The van der Waals surface area contributed by atoms with Gasteiger partial charge >= 0.3 is 17.9 Å². The molecule has 10 atom stereocenters. The standard InChI is InChI=1S/C72H82O14S/c1-50(73)42-43-61(74)84-67-65(85-70(76)58-40-24-9-25-41-58)63(60(49-81-69(75)57-38-22-8-23-39-57)83-72(67)87-68(55-34-18-6-19-35-55)56-36-20-7-21-37-56)86-71-66(80-47-54-32-16-5-17-33-54)64(79-46-53-30-14-4-15-31-53)62(78-45-52-28-12-3-13-29-52)59(82-71)48-77-44-51-26-10-2-11-27-51/h2-5,8-17,22-33,38-41,55-56,59-60,62-68,71-72H,6-7,18-21,34-37,42-49H2,1H3/t59-,60-,62+,63+,64+,65+,66-,67-,71-,72-/m1/s1. The first-order valence-electron chi connectivity index (χ1n) is 31.1. The summed E-state index contributed by atoms with van der Waals surface area (Å²) in [5.41, 5.74) is 3.21. The van der Waals surface area contributed by atoms with E-state index in [1.165, 1.54) is 6.92 Å². The highest BCUT2D eigenvalue weighted by molar-refractivity contribution is 8.00. The van der Waals surface area contributed by atoms with Gasteiger partial charge in [0.2, 0.25) is 0 Å². The summed E-state index contributed by atoms with van der Waals surface area (Å²) in [4.78, 5) is 56.2. The molecule has 15 heteroatoms. The highest BCUT2D eigenvalue weighted by atomic mass is 32.2. The second-order valence-electron chi connectivity index (χ2n) is 23.2. The molecule has 460 valence electrons. The summed E-state index contributed by atoms with van der Waals surface area (Å²) < 4.78 is 69.8. The van der Waals surface area contributed by atoms with Gasteiger partial charge in [0.25, 0.3) is 0 Å². The largest absolute Gasteiger partial charge is 0.459 e. The van der Waals surface area contributed by atoms with Crippen LogP contribution in [0.4, 0.5) is 0 Å². The van der Waals surface area contributed by atoms with E-state index in [0.717, 1.165) is 86.5 Å². The molecule has 6 aromatic carbocycles. The van der Waals surface area contributed by atoms with Crippen molar-refractivity contribution >= 4 is 35.5 Å². The van der Waals surface area contributed by atoms with E-state index >= 15 is 0 Å². The maximum Gasteiger partial charge on any atom is 0.338 e. The maximum atomic E-state index is 15.0. The minimum Gasteiger partial charge on any atom is -0.459 e. The summed E-state index contributed by atoms with van der Waals surface area (Å²) in [5.74, 6) is -1.49. The number of hydrogen-bond donors (Lipinski definition) is 0. The van der Waals surface area contributed by atoms with Gasteiger partial charge in [-0.25, -0.2) is 9.59 Å². The number of hydrogen-bond acceptors (Lipinski definition) is 15. The maximum absolute atomic E-state index is 15.0. The molecular formula is C72H82O14S. The van der Waals surface area contributed by atoms with Gasteiger partial charge in [0, 0.05) is 11.7 Å². The van der Waals surface area contributed by atoms with E-state index in [-0.39, 0.29) is 69.1 Å². The summed E-state index contributed by atoms with van der Waals surface area (Å²) >= 11 is 1.62. The average Bonchev–Trinajstić information content (AvgIpc) is 1.87. The number of esters is 3. The predicted molar refractivity (Wildman–Crippen MR) is 330 cm³/mol. The molecule has 0 bridgehead atoms. The first kappa shape index (κ1) is 63.5. The van der Waals surface area contributed by atoms with Crippen molar-refractivity contribution in [3.8, 4) is 0 Å². The third-order valence-electron chi connectivity index (χ3n) is 16.8. The van der Waals surface area contributed by atoms with Crippen LogP contribution in [0.3, 0.4) is 0 Å². The van der Waals surface area contributed by atoms with Crippen LogP contribution in [-0.4, -0.2) is 103 Å². The van der Waals surface area contributed by atoms with Crippen LogP contribution < -0.4 is 0 Å². The molecule has 0 radical (unpaired) electrons. The SMILES string of the molecule is CC(=O)CCC(=O)O[C@@H]1[C@@H](OC(=O)c2ccccc2)[C@@H](O[C@H]2O[C@H](COCc3ccccc3)[C@H](OCc3ccccc3)[C@H](OCc3ccccc3)[C@H]2OCc2ccccc2)[C@@H](COC(=O)c2ccccc2)O[C@@H]1SC(C1CCCCC1)C1CCCCC1. The molecule has 0 spiro atoms. The third-order valence-corrected chi connectivity index (χ3v) is 18.6. The summed E-state index contributed by atoms with van der Waals surface area (Å²) in [6.07, 6.45) is 0.177. The molecule has 2 saturated carbocycles. The summed E-state index contributed by atoms with van der Waals surface area (Å²) in [6.45, 7) is 1.74. The molecule has 10 rings (SSSR count). The third kappa shape index (κ3) is 18.5. The Kier molecular flexibility index (Phi) is 24.2. The fourth-order valence-electron chi connectivity index (χ4n) is 12.3. The van der Waals surface area contributed by atoms with E-state index < -0.39 is 78.5 Å². The van der Waals surface area contributed by atoms with Gasteiger partial charge < -0.3 is 52.2 Å². The van der Waals surface area contributed by atoms with E-state index in [0.29, 0.717) is 17.4 Å². The number of Topliss-reactive ketones (excluding diaryl/α,β-unsaturated/α-hetero) is 1. The second-order valence-corrected chi connectivity index (χ2v) is 24.5. The summed E-state index contributed by atoms with van der Waals surface area (Å²) in [7, 11) is 0. The molecule has 2 heterocycles. The molecule has 0 unspecified atom stereocenters. The van der Waals surface area contributed by atoms with Crippen LogP contribution in [0.2, 0.25) is 0 Å². The number of benzene rings is 6. The van der Waals surface area contributed by atoms with Crippen molar-refractivity contribution in [1.82, 2.24) is 0 Å². The number of thioether (sulfide) groups is 1. The lowest BCUT2D eigenvalue weighted by molar-refractivity contribution is -0.355. The lowest BCUT2D eigenvalue weighted by Gasteiger charge is -2.50. The van der Waals surface area contributed by atoms with Gasteiger partial charge in [-0.3, -0.25) is 4.79 Å². The van der Waals surface area contributed by atoms with E-state index in [4.69, 9.17) is 47.4 Å². The molecule has 4 aliphatic rings. The summed E-state index contributed by atoms with van der Waals surface area (Å²) in [5, 5.41) is 0.0916. The second kappa shape index (κ2) is 33.2. The normalized spacial score (nSPS) is 24.4. The molecule has 2 saturated heterocycles. The van der Waals surface area contributed by atoms with E-state index in [2.05, 4.69) is 0 Å². The Hall–Kier alpha value is -6.53. The number of carbonyl (C=O) groups excluding carboxylic acids is 4. The van der Waals surface area contributed by atoms with Gasteiger partial charge in [0.1, 0.15) is 54.4 Å². The first-order chi connectivity index (χ1) is 42.7.